The molecule has 0 amide bonds. The van der Waals surface area contributed by atoms with E-state index in [4.69, 9.17) is 11.6 Å². The van der Waals surface area contributed by atoms with Gasteiger partial charge in [0.1, 0.15) is 5.82 Å². The Labute approximate surface area is 123 Å². The van der Waals surface area contributed by atoms with Gasteiger partial charge in [0.15, 0.2) is 0 Å². The molecule has 0 aliphatic heterocycles. The van der Waals surface area contributed by atoms with Crippen LogP contribution in [-0.4, -0.2) is 14.5 Å². The number of rotatable bonds is 3. The lowest BCUT2D eigenvalue weighted by molar-refractivity contribution is 0.631. The van der Waals surface area contributed by atoms with Crippen molar-refractivity contribution < 1.29 is 0 Å². The van der Waals surface area contributed by atoms with E-state index < -0.39 is 0 Å². The van der Waals surface area contributed by atoms with E-state index in [1.807, 2.05) is 12.3 Å². The fourth-order valence-corrected chi connectivity index (χ4v) is 2.75. The van der Waals surface area contributed by atoms with Crippen LogP contribution in [0, 0.1) is 6.92 Å². The number of hydrogen-bond donors (Lipinski definition) is 0. The van der Waals surface area contributed by atoms with Crippen molar-refractivity contribution in [2.24, 2.45) is 0 Å². The molecule has 0 N–H and O–H groups in total. The zero-order valence-corrected chi connectivity index (χ0v) is 12.3. The average molecular weight is 286 g/mol. The fourth-order valence-electron chi connectivity index (χ4n) is 2.56. The lowest BCUT2D eigenvalue weighted by atomic mass is 10.1. The van der Waals surface area contributed by atoms with Crippen LogP contribution < -0.4 is 0 Å². The van der Waals surface area contributed by atoms with Crippen molar-refractivity contribution >= 4 is 22.6 Å². The lowest BCUT2D eigenvalue weighted by Gasteiger charge is -2.17. The zero-order valence-electron chi connectivity index (χ0n) is 11.5. The summed E-state index contributed by atoms with van der Waals surface area (Å²) in [5.74, 6) is 1.29. The number of aryl methyl sites for hydroxylation is 1. The molecule has 3 rings (SSSR count). The van der Waals surface area contributed by atoms with Gasteiger partial charge in [-0.25, -0.2) is 4.98 Å². The molecule has 1 atom stereocenters. The van der Waals surface area contributed by atoms with Crippen molar-refractivity contribution in [3.8, 4) is 0 Å². The maximum Gasteiger partial charge on any atom is 0.125 e. The van der Waals surface area contributed by atoms with Crippen LogP contribution in [0.4, 0.5) is 0 Å². The molecule has 0 saturated carbocycles. The predicted octanol–water partition coefficient (Wildman–Crippen LogP) is 4.09. The number of nitrogens with zero attached hydrogens (tertiary/aromatic N) is 3. The van der Waals surface area contributed by atoms with E-state index in [2.05, 4.69) is 52.6 Å². The fraction of sp³-hybridized carbons (Fsp3) is 0.250. The van der Waals surface area contributed by atoms with Crippen LogP contribution in [0.5, 0.6) is 0 Å². The third-order valence-electron chi connectivity index (χ3n) is 3.59. The minimum absolute atomic E-state index is 0.158. The first-order chi connectivity index (χ1) is 9.70. The van der Waals surface area contributed by atoms with Gasteiger partial charge in [-0.1, -0.05) is 12.1 Å². The predicted molar refractivity (Wildman–Crippen MR) is 82.1 cm³/mol. The largest absolute Gasteiger partial charge is 0.320 e. The van der Waals surface area contributed by atoms with Crippen LogP contribution >= 0.6 is 11.6 Å². The third kappa shape index (κ3) is 2.18. The summed E-state index contributed by atoms with van der Waals surface area (Å²) < 4.78 is 2.19. The summed E-state index contributed by atoms with van der Waals surface area (Å²) >= 11 is 6.08. The van der Waals surface area contributed by atoms with Crippen molar-refractivity contribution in [1.29, 1.82) is 0 Å². The minimum atomic E-state index is 0.158. The van der Waals surface area contributed by atoms with Gasteiger partial charge in [-0.3, -0.25) is 4.98 Å². The second-order valence-corrected chi connectivity index (χ2v) is 5.25. The van der Waals surface area contributed by atoms with Crippen molar-refractivity contribution in [3.63, 3.8) is 0 Å². The van der Waals surface area contributed by atoms with Crippen LogP contribution in [0.25, 0.3) is 11.0 Å². The van der Waals surface area contributed by atoms with E-state index >= 15 is 0 Å². The molecule has 0 aliphatic carbocycles. The van der Waals surface area contributed by atoms with E-state index in [-0.39, 0.29) is 6.04 Å². The zero-order chi connectivity index (χ0) is 14.1. The summed E-state index contributed by atoms with van der Waals surface area (Å²) in [5.41, 5.74) is 4.47. The van der Waals surface area contributed by atoms with Gasteiger partial charge in [-0.15, -0.1) is 11.6 Å². The molecule has 3 aromatic rings. The Kier molecular flexibility index (Phi) is 3.45. The Hall–Kier alpha value is -1.87. The van der Waals surface area contributed by atoms with E-state index in [0.717, 1.165) is 22.4 Å². The second-order valence-electron chi connectivity index (χ2n) is 4.99. The number of alkyl halides is 1. The second kappa shape index (κ2) is 5.25. The van der Waals surface area contributed by atoms with Gasteiger partial charge in [0.25, 0.3) is 0 Å². The molecule has 0 radical (unpaired) electrons. The number of aromatic nitrogens is 3. The highest BCUT2D eigenvalue weighted by atomic mass is 35.5. The average Bonchev–Trinajstić information content (AvgIpc) is 2.84. The van der Waals surface area contributed by atoms with Crippen LogP contribution in [-0.2, 0) is 5.88 Å². The maximum atomic E-state index is 6.08. The Balaban J connectivity index is 2.19. The summed E-state index contributed by atoms with van der Waals surface area (Å²) in [6, 6.07) is 10.5. The molecule has 0 aliphatic rings. The highest BCUT2D eigenvalue weighted by Crippen LogP contribution is 2.27. The molecule has 20 heavy (non-hydrogen) atoms. The van der Waals surface area contributed by atoms with Gasteiger partial charge in [-0.2, -0.15) is 0 Å². The van der Waals surface area contributed by atoms with Crippen LogP contribution in [0.15, 0.2) is 42.7 Å². The van der Waals surface area contributed by atoms with Crippen molar-refractivity contribution in [1.82, 2.24) is 14.5 Å². The molecule has 1 unspecified atom stereocenters. The van der Waals surface area contributed by atoms with Gasteiger partial charge in [0, 0.05) is 12.4 Å². The topological polar surface area (TPSA) is 30.7 Å². The number of fused-ring (bicyclic) bond motifs is 1. The van der Waals surface area contributed by atoms with E-state index in [0.29, 0.717) is 5.88 Å². The molecular weight excluding hydrogens is 270 g/mol. The van der Waals surface area contributed by atoms with Gasteiger partial charge >= 0.3 is 0 Å². The van der Waals surface area contributed by atoms with Gasteiger partial charge in [0.2, 0.25) is 0 Å². The molecular formula is C16H16ClN3. The molecule has 0 spiro atoms. The SMILES string of the molecule is Cc1ccc2c(c1)nc(CCl)n2C(C)c1cccnc1. The molecule has 0 saturated heterocycles. The molecule has 1 aromatic carbocycles. The number of imidazole rings is 1. The molecule has 3 nitrogen and oxygen atoms in total. The molecule has 2 heterocycles. The number of halogens is 1. The van der Waals surface area contributed by atoms with Crippen LogP contribution in [0.1, 0.15) is 29.9 Å². The smallest absolute Gasteiger partial charge is 0.125 e. The monoisotopic (exact) mass is 285 g/mol. The van der Waals surface area contributed by atoms with Crippen molar-refractivity contribution in [2.45, 2.75) is 25.8 Å². The summed E-state index contributed by atoms with van der Waals surface area (Å²) in [6.07, 6.45) is 3.68. The van der Waals surface area contributed by atoms with Gasteiger partial charge < -0.3 is 4.57 Å². The van der Waals surface area contributed by atoms with E-state index in [1.165, 1.54) is 5.56 Å². The molecule has 0 fully saturated rings. The Morgan fingerprint density at radius 1 is 1.30 bits per heavy atom. The quantitative estimate of drug-likeness (QED) is 0.679. The van der Waals surface area contributed by atoms with Crippen LogP contribution in [0.3, 0.4) is 0 Å². The van der Waals surface area contributed by atoms with Gasteiger partial charge in [0.05, 0.1) is 23.0 Å². The summed E-state index contributed by atoms with van der Waals surface area (Å²) in [4.78, 5) is 8.85. The molecule has 0 bridgehead atoms. The Bertz CT molecular complexity index is 734. The first-order valence-corrected chi connectivity index (χ1v) is 7.17. The first-order valence-electron chi connectivity index (χ1n) is 6.64. The lowest BCUT2D eigenvalue weighted by Crippen LogP contribution is -2.10. The number of benzene rings is 1. The van der Waals surface area contributed by atoms with Crippen molar-refractivity contribution in [2.75, 3.05) is 0 Å². The van der Waals surface area contributed by atoms with Gasteiger partial charge in [-0.05, 0) is 43.2 Å². The number of hydrogen-bond acceptors (Lipinski definition) is 2. The standard InChI is InChI=1S/C16H16ClN3/c1-11-5-6-15-14(8-11)19-16(9-17)20(15)12(2)13-4-3-7-18-10-13/h3-8,10,12H,9H2,1-2H3. The summed E-state index contributed by atoms with van der Waals surface area (Å²) in [5, 5.41) is 0. The third-order valence-corrected chi connectivity index (χ3v) is 3.83. The van der Waals surface area contributed by atoms with E-state index in [1.54, 1.807) is 6.20 Å². The van der Waals surface area contributed by atoms with E-state index in [9.17, 15) is 0 Å². The van der Waals surface area contributed by atoms with Crippen LogP contribution in [0.2, 0.25) is 0 Å². The molecule has 4 heteroatoms. The molecule has 2 aromatic heterocycles. The normalized spacial score (nSPS) is 12.8. The maximum absolute atomic E-state index is 6.08. The first kappa shape index (κ1) is 13.1. The highest BCUT2D eigenvalue weighted by molar-refractivity contribution is 6.16. The number of pyridine rings is 1. The summed E-state index contributed by atoms with van der Waals surface area (Å²) in [6.45, 7) is 4.22. The van der Waals surface area contributed by atoms with Crippen molar-refractivity contribution in [3.05, 3.63) is 59.7 Å². The molecule has 102 valence electrons. The minimum Gasteiger partial charge on any atom is -0.320 e. The Morgan fingerprint density at radius 2 is 2.15 bits per heavy atom. The highest BCUT2D eigenvalue weighted by Gasteiger charge is 2.16. The summed E-state index contributed by atoms with van der Waals surface area (Å²) in [7, 11) is 0. The Morgan fingerprint density at radius 3 is 2.85 bits per heavy atom.